The van der Waals surface area contributed by atoms with Gasteiger partial charge in [-0.05, 0) is 6.92 Å². The molecule has 0 aliphatic carbocycles. The van der Waals surface area contributed by atoms with Crippen molar-refractivity contribution in [3.8, 4) is 0 Å². The van der Waals surface area contributed by atoms with Gasteiger partial charge in [-0.2, -0.15) is 0 Å². The van der Waals surface area contributed by atoms with Crippen LogP contribution in [0.5, 0.6) is 0 Å². The van der Waals surface area contributed by atoms with Gasteiger partial charge in [0.05, 0.1) is 0 Å². The Hall–Kier alpha value is -0.310. The molecule has 1 aromatic heterocycles. The second kappa shape index (κ2) is 5.47. The van der Waals surface area contributed by atoms with Crippen LogP contribution in [0.3, 0.4) is 0 Å². The summed E-state index contributed by atoms with van der Waals surface area (Å²) in [5.74, 6) is 0.972. The Morgan fingerprint density at radius 1 is 1.60 bits per heavy atom. The number of aromatic amines is 1. The van der Waals surface area contributed by atoms with E-state index in [1.807, 2.05) is 13.1 Å². The van der Waals surface area contributed by atoms with Crippen molar-refractivity contribution in [3.63, 3.8) is 0 Å². The maximum Gasteiger partial charge on any atom is 0.103 e. The van der Waals surface area contributed by atoms with Crippen molar-refractivity contribution in [2.45, 2.75) is 27.1 Å². The molecule has 3 heteroatoms. The Kier molecular flexibility index (Phi) is 6.77. The zero-order valence-electron chi connectivity index (χ0n) is 4.61. The van der Waals surface area contributed by atoms with Crippen molar-refractivity contribution in [1.82, 2.24) is 9.97 Å². The van der Waals surface area contributed by atoms with E-state index in [0.717, 1.165) is 16.8 Å². The monoisotopic (exact) mass is 206 g/mol. The number of H-pyrrole nitrogens is 1. The number of aryl methyl sites for hydroxylation is 1. The molecule has 0 fully saturated rings. The van der Waals surface area contributed by atoms with Crippen LogP contribution < -0.4 is 0 Å². The van der Waals surface area contributed by atoms with Crippen LogP contribution in [0.25, 0.3) is 0 Å². The van der Waals surface area contributed by atoms with Crippen LogP contribution in [0, 0.1) is 6.92 Å². The molecular formula is C7H15BrN2. The quantitative estimate of drug-likeness (QED) is 0.704. The standard InChI is InChI=1S/C5H7BrN2.2CH4/c1-4-7-3-5(2-6)8-4;;/h3H,2H2,1H3,(H,7,8);2*1H4. The van der Waals surface area contributed by atoms with E-state index < -0.39 is 0 Å². The number of hydrogen-bond acceptors (Lipinski definition) is 1. The lowest BCUT2D eigenvalue weighted by Crippen LogP contribution is -1.74. The summed E-state index contributed by atoms with van der Waals surface area (Å²) in [7, 11) is 0. The zero-order chi connectivity index (χ0) is 5.98. The molecular weight excluding hydrogens is 192 g/mol. The predicted molar refractivity (Wildman–Crippen MR) is 49.4 cm³/mol. The lowest BCUT2D eigenvalue weighted by molar-refractivity contribution is 1.12. The van der Waals surface area contributed by atoms with Crippen LogP contribution in [-0.2, 0) is 5.33 Å². The largest absolute Gasteiger partial charge is 0.345 e. The summed E-state index contributed by atoms with van der Waals surface area (Å²) < 4.78 is 0. The van der Waals surface area contributed by atoms with Gasteiger partial charge in [0.2, 0.25) is 0 Å². The fourth-order valence-electron chi connectivity index (χ4n) is 0.540. The van der Waals surface area contributed by atoms with Crippen LogP contribution in [0.2, 0.25) is 0 Å². The lowest BCUT2D eigenvalue weighted by atomic mass is 10.6. The predicted octanol–water partition coefficient (Wildman–Crippen LogP) is 2.89. The molecule has 2 nitrogen and oxygen atoms in total. The molecule has 0 unspecified atom stereocenters. The summed E-state index contributed by atoms with van der Waals surface area (Å²) >= 11 is 3.30. The lowest BCUT2D eigenvalue weighted by Gasteiger charge is -1.80. The van der Waals surface area contributed by atoms with Crippen LogP contribution >= 0.6 is 15.9 Å². The highest BCUT2D eigenvalue weighted by atomic mass is 79.9. The molecule has 0 atom stereocenters. The van der Waals surface area contributed by atoms with E-state index in [-0.39, 0.29) is 14.9 Å². The first-order valence-corrected chi connectivity index (χ1v) is 3.51. The summed E-state index contributed by atoms with van der Waals surface area (Å²) in [4.78, 5) is 7.07. The second-order valence-corrected chi connectivity index (χ2v) is 2.19. The van der Waals surface area contributed by atoms with E-state index in [4.69, 9.17) is 0 Å². The number of imidazole rings is 1. The van der Waals surface area contributed by atoms with Crippen LogP contribution in [-0.4, -0.2) is 9.97 Å². The number of hydrogen-bond donors (Lipinski definition) is 1. The number of aromatic nitrogens is 2. The molecule has 1 rings (SSSR count). The van der Waals surface area contributed by atoms with Crippen LogP contribution in [0.1, 0.15) is 26.4 Å². The summed E-state index contributed by atoms with van der Waals surface area (Å²) in [6.07, 6.45) is 1.82. The molecule has 0 radical (unpaired) electrons. The Morgan fingerprint density at radius 2 is 2.20 bits per heavy atom. The third kappa shape index (κ3) is 3.01. The minimum atomic E-state index is 0. The molecule has 0 aliphatic heterocycles. The van der Waals surface area contributed by atoms with Gasteiger partial charge in [-0.3, -0.25) is 0 Å². The van der Waals surface area contributed by atoms with E-state index in [1.165, 1.54) is 0 Å². The van der Waals surface area contributed by atoms with Crippen LogP contribution in [0.15, 0.2) is 6.20 Å². The Morgan fingerprint density at radius 3 is 2.40 bits per heavy atom. The van der Waals surface area contributed by atoms with Gasteiger partial charge < -0.3 is 4.98 Å². The number of nitrogens with one attached hydrogen (secondary N) is 1. The average Bonchev–Trinajstić information content (AvgIpc) is 2.14. The van der Waals surface area contributed by atoms with Crippen molar-refractivity contribution in [1.29, 1.82) is 0 Å². The third-order valence-corrected chi connectivity index (χ3v) is 1.50. The Labute approximate surface area is 71.2 Å². The highest BCUT2D eigenvalue weighted by Gasteiger charge is 1.90. The molecule has 10 heavy (non-hydrogen) atoms. The highest BCUT2D eigenvalue weighted by molar-refractivity contribution is 9.08. The summed E-state index contributed by atoms with van der Waals surface area (Å²) in [5.41, 5.74) is 1.13. The van der Waals surface area contributed by atoms with Gasteiger partial charge in [0.1, 0.15) is 5.82 Å². The molecule has 0 saturated carbocycles. The molecule has 0 spiro atoms. The van der Waals surface area contributed by atoms with E-state index in [0.29, 0.717) is 0 Å². The zero-order valence-corrected chi connectivity index (χ0v) is 6.20. The van der Waals surface area contributed by atoms with E-state index in [2.05, 4.69) is 25.9 Å². The molecule has 0 aromatic carbocycles. The molecule has 60 valence electrons. The molecule has 1 aromatic rings. The minimum absolute atomic E-state index is 0. The summed E-state index contributed by atoms with van der Waals surface area (Å²) in [5, 5.41) is 0.855. The number of rotatable bonds is 1. The molecule has 0 bridgehead atoms. The fraction of sp³-hybridized carbons (Fsp3) is 0.571. The fourth-order valence-corrected chi connectivity index (χ4v) is 0.825. The van der Waals surface area contributed by atoms with E-state index in [1.54, 1.807) is 0 Å². The van der Waals surface area contributed by atoms with Crippen molar-refractivity contribution in [2.24, 2.45) is 0 Å². The number of alkyl halides is 1. The van der Waals surface area contributed by atoms with Gasteiger partial charge in [0.25, 0.3) is 0 Å². The Balaban J connectivity index is 0. The van der Waals surface area contributed by atoms with Crippen molar-refractivity contribution in [3.05, 3.63) is 17.7 Å². The number of nitrogens with zero attached hydrogens (tertiary/aromatic N) is 1. The van der Waals surface area contributed by atoms with Crippen molar-refractivity contribution < 1.29 is 0 Å². The smallest absolute Gasteiger partial charge is 0.103 e. The topological polar surface area (TPSA) is 28.7 Å². The van der Waals surface area contributed by atoms with Gasteiger partial charge >= 0.3 is 0 Å². The Bertz CT molecular complexity index is 172. The van der Waals surface area contributed by atoms with E-state index >= 15 is 0 Å². The van der Waals surface area contributed by atoms with Gasteiger partial charge in [0, 0.05) is 17.2 Å². The molecule has 1 N–H and O–H groups in total. The molecule has 0 amide bonds. The van der Waals surface area contributed by atoms with Crippen molar-refractivity contribution >= 4 is 15.9 Å². The molecule has 1 heterocycles. The SMILES string of the molecule is C.C.Cc1ncc(CBr)[nH]1. The number of halogens is 1. The molecule has 0 saturated heterocycles. The highest BCUT2D eigenvalue weighted by Crippen LogP contribution is 1.99. The van der Waals surface area contributed by atoms with Gasteiger partial charge in [0.15, 0.2) is 0 Å². The van der Waals surface area contributed by atoms with Gasteiger partial charge in [-0.15, -0.1) is 0 Å². The van der Waals surface area contributed by atoms with Gasteiger partial charge in [-0.1, -0.05) is 30.8 Å². The second-order valence-electron chi connectivity index (χ2n) is 1.63. The summed E-state index contributed by atoms with van der Waals surface area (Å²) in [6, 6.07) is 0. The van der Waals surface area contributed by atoms with E-state index in [9.17, 15) is 0 Å². The third-order valence-electron chi connectivity index (χ3n) is 0.899. The van der Waals surface area contributed by atoms with Crippen LogP contribution in [0.4, 0.5) is 0 Å². The normalized spacial score (nSPS) is 7.80. The first-order valence-electron chi connectivity index (χ1n) is 2.39. The maximum atomic E-state index is 4.00. The first-order chi connectivity index (χ1) is 3.83. The maximum absolute atomic E-state index is 4.00. The summed E-state index contributed by atoms with van der Waals surface area (Å²) in [6.45, 7) is 1.94. The first kappa shape index (κ1) is 12.4. The molecule has 0 aliphatic rings. The minimum Gasteiger partial charge on any atom is -0.345 e. The van der Waals surface area contributed by atoms with Gasteiger partial charge in [-0.25, -0.2) is 4.98 Å². The average molecular weight is 207 g/mol. The van der Waals surface area contributed by atoms with Crippen molar-refractivity contribution in [2.75, 3.05) is 0 Å².